The molecule has 2 aliphatic rings. The summed E-state index contributed by atoms with van der Waals surface area (Å²) in [6, 6.07) is 5.42. The third kappa shape index (κ3) is 5.74. The highest BCUT2D eigenvalue weighted by atomic mass is 32.1. The van der Waals surface area contributed by atoms with Crippen molar-refractivity contribution < 1.29 is 22.7 Å². The summed E-state index contributed by atoms with van der Waals surface area (Å²) in [7, 11) is 0. The van der Waals surface area contributed by atoms with Crippen molar-refractivity contribution in [1.29, 1.82) is 0 Å². The van der Waals surface area contributed by atoms with Crippen LogP contribution in [-0.2, 0) is 11.3 Å². The van der Waals surface area contributed by atoms with Crippen LogP contribution in [0.1, 0.15) is 10.4 Å². The second-order valence-electron chi connectivity index (χ2n) is 10.8. The van der Waals surface area contributed by atoms with Gasteiger partial charge in [0.25, 0.3) is 5.91 Å². The molecular weight excluding hydrogens is 610 g/mol. The van der Waals surface area contributed by atoms with Crippen LogP contribution < -0.4 is 26.1 Å². The number of nitrogens with one attached hydrogen (secondary N) is 2. The number of amides is 1. The molecule has 0 saturated carbocycles. The molecule has 4 N–H and O–H groups in total. The van der Waals surface area contributed by atoms with Crippen molar-refractivity contribution in [2.45, 2.75) is 12.6 Å². The second-order valence-corrected chi connectivity index (χ2v) is 11.8. The van der Waals surface area contributed by atoms with Gasteiger partial charge in [0.1, 0.15) is 16.3 Å². The molecule has 5 aromatic rings. The first kappa shape index (κ1) is 29.3. The number of morpholine rings is 1. The summed E-state index contributed by atoms with van der Waals surface area (Å²) >= 11 is 1.02. The standard InChI is InChI=1S/C28H30F2N10O4S/c29-18-13-19(30)20(12-17(18)26(41)33-14-16-15-43-11-3-32-16)38-7-4-37(5-8-38)6-9-39-24-22(45-28(39)42)25-34-23(21-2-1-10-44-21)36-40(25)27(31)35-24/h1-2,10,12-13,16,32H,3-9,11,14-15H2,(H2,31,35)(H,33,41). The molecule has 236 valence electrons. The number of benzene rings is 1. The van der Waals surface area contributed by atoms with Crippen molar-refractivity contribution >= 4 is 44.9 Å². The zero-order valence-corrected chi connectivity index (χ0v) is 24.9. The number of nitrogens with zero attached hydrogens (tertiary/aromatic N) is 7. The fourth-order valence-electron chi connectivity index (χ4n) is 5.61. The normalized spacial score (nSPS) is 17.8. The first-order valence-corrected chi connectivity index (χ1v) is 15.3. The van der Waals surface area contributed by atoms with E-state index in [1.165, 1.54) is 16.8 Å². The zero-order valence-electron chi connectivity index (χ0n) is 24.0. The highest BCUT2D eigenvalue weighted by molar-refractivity contribution is 7.17. The molecule has 1 amide bonds. The molecule has 1 unspecified atom stereocenters. The number of hydrogen-bond acceptors (Lipinski definition) is 12. The highest BCUT2D eigenvalue weighted by Crippen LogP contribution is 2.27. The van der Waals surface area contributed by atoms with E-state index in [0.29, 0.717) is 86.6 Å². The maximum absolute atomic E-state index is 14.9. The fourth-order valence-corrected chi connectivity index (χ4v) is 6.54. The Morgan fingerprint density at radius 1 is 1.13 bits per heavy atom. The number of halogens is 2. The van der Waals surface area contributed by atoms with Gasteiger partial charge in [0, 0.05) is 64.5 Å². The average molecular weight is 641 g/mol. The highest BCUT2D eigenvalue weighted by Gasteiger charge is 2.25. The molecule has 0 bridgehead atoms. The number of ether oxygens (including phenoxy) is 1. The van der Waals surface area contributed by atoms with Crippen LogP contribution in [0.4, 0.5) is 20.4 Å². The number of carbonyl (C=O) groups excluding carboxylic acids is 1. The fraction of sp³-hybridized carbons (Fsp3) is 0.393. The number of carbonyl (C=O) groups is 1. The van der Waals surface area contributed by atoms with Gasteiger partial charge in [-0.15, -0.1) is 5.10 Å². The van der Waals surface area contributed by atoms with Gasteiger partial charge in [0.15, 0.2) is 17.1 Å². The minimum absolute atomic E-state index is 0.0706. The van der Waals surface area contributed by atoms with E-state index < -0.39 is 17.5 Å². The monoisotopic (exact) mass is 640 g/mol. The Labute approximate surface area is 258 Å². The topological polar surface area (TPSA) is 161 Å². The van der Waals surface area contributed by atoms with E-state index in [4.69, 9.17) is 14.9 Å². The Hall–Kier alpha value is -4.45. The van der Waals surface area contributed by atoms with Crippen LogP contribution >= 0.6 is 11.3 Å². The summed E-state index contributed by atoms with van der Waals surface area (Å²) in [6.45, 7) is 4.93. The first-order chi connectivity index (χ1) is 21.9. The average Bonchev–Trinajstić information content (AvgIpc) is 3.80. The number of aromatic nitrogens is 5. The van der Waals surface area contributed by atoms with E-state index in [2.05, 4.69) is 30.6 Å². The van der Waals surface area contributed by atoms with E-state index >= 15 is 0 Å². The summed E-state index contributed by atoms with van der Waals surface area (Å²) in [6.07, 6.45) is 1.52. The molecule has 0 radical (unpaired) electrons. The van der Waals surface area contributed by atoms with Gasteiger partial charge < -0.3 is 30.4 Å². The molecule has 2 aliphatic heterocycles. The van der Waals surface area contributed by atoms with Crippen molar-refractivity contribution in [3.8, 4) is 11.6 Å². The molecule has 4 aromatic heterocycles. The summed E-state index contributed by atoms with van der Waals surface area (Å²) < 4.78 is 43.8. The maximum Gasteiger partial charge on any atom is 0.309 e. The van der Waals surface area contributed by atoms with Crippen molar-refractivity contribution in [2.24, 2.45) is 0 Å². The van der Waals surface area contributed by atoms with Gasteiger partial charge in [-0.05, 0) is 18.2 Å². The molecule has 1 aromatic carbocycles. The molecule has 45 heavy (non-hydrogen) atoms. The Kier molecular flexibility index (Phi) is 7.90. The molecule has 17 heteroatoms. The summed E-state index contributed by atoms with van der Waals surface area (Å²) in [5, 5.41) is 10.3. The van der Waals surface area contributed by atoms with Crippen LogP contribution in [0, 0.1) is 11.6 Å². The number of anilines is 2. The zero-order chi connectivity index (χ0) is 31.1. The molecule has 2 fully saturated rings. The number of hydrogen-bond donors (Lipinski definition) is 3. The van der Waals surface area contributed by atoms with Gasteiger partial charge in [0.05, 0.1) is 30.7 Å². The van der Waals surface area contributed by atoms with E-state index in [-0.39, 0.29) is 34.7 Å². The molecule has 1 atom stereocenters. The predicted molar refractivity (Wildman–Crippen MR) is 162 cm³/mol. The summed E-state index contributed by atoms with van der Waals surface area (Å²) in [5.74, 6) is -1.35. The Bertz CT molecular complexity index is 1910. The number of thiazole rings is 1. The summed E-state index contributed by atoms with van der Waals surface area (Å²) in [4.78, 5) is 38.5. The minimum atomic E-state index is -0.913. The van der Waals surface area contributed by atoms with Crippen LogP contribution in [0.5, 0.6) is 0 Å². The van der Waals surface area contributed by atoms with Gasteiger partial charge in [-0.2, -0.15) is 9.50 Å². The van der Waals surface area contributed by atoms with E-state index in [9.17, 15) is 18.4 Å². The van der Waals surface area contributed by atoms with Gasteiger partial charge in [-0.3, -0.25) is 19.1 Å². The number of nitrogen functional groups attached to an aromatic ring is 1. The number of piperazine rings is 1. The van der Waals surface area contributed by atoms with Crippen LogP contribution in [0.25, 0.3) is 27.6 Å². The number of rotatable bonds is 8. The van der Waals surface area contributed by atoms with Crippen LogP contribution in [0.15, 0.2) is 39.7 Å². The molecule has 2 saturated heterocycles. The van der Waals surface area contributed by atoms with Crippen molar-refractivity contribution in [2.75, 3.05) is 69.7 Å². The van der Waals surface area contributed by atoms with Gasteiger partial charge in [-0.25, -0.2) is 13.8 Å². The van der Waals surface area contributed by atoms with E-state index in [0.717, 1.165) is 17.4 Å². The lowest BCUT2D eigenvalue weighted by Crippen LogP contribution is -2.48. The minimum Gasteiger partial charge on any atom is -0.461 e. The number of furan rings is 1. The largest absolute Gasteiger partial charge is 0.461 e. The van der Waals surface area contributed by atoms with Crippen LogP contribution in [-0.4, -0.2) is 100 Å². The third-order valence-corrected chi connectivity index (χ3v) is 8.96. The molecule has 0 aliphatic carbocycles. The first-order valence-electron chi connectivity index (χ1n) is 14.5. The lowest BCUT2D eigenvalue weighted by Gasteiger charge is -2.36. The summed E-state index contributed by atoms with van der Waals surface area (Å²) in [5.41, 5.74) is 7.00. The van der Waals surface area contributed by atoms with Crippen molar-refractivity contribution in [3.05, 3.63) is 57.4 Å². The smallest absolute Gasteiger partial charge is 0.309 e. The van der Waals surface area contributed by atoms with E-state index in [1.54, 1.807) is 21.6 Å². The Morgan fingerprint density at radius 2 is 1.98 bits per heavy atom. The van der Waals surface area contributed by atoms with E-state index in [1.807, 2.05) is 0 Å². The molecular formula is C28H30F2N10O4S. The van der Waals surface area contributed by atoms with Gasteiger partial charge in [0.2, 0.25) is 11.8 Å². The second kappa shape index (κ2) is 12.2. The Balaban J connectivity index is 1.01. The molecule has 6 heterocycles. The Morgan fingerprint density at radius 3 is 2.73 bits per heavy atom. The number of fused-ring (bicyclic) bond motifs is 3. The van der Waals surface area contributed by atoms with Crippen LogP contribution in [0.2, 0.25) is 0 Å². The molecule has 14 nitrogen and oxygen atoms in total. The van der Waals surface area contributed by atoms with Crippen molar-refractivity contribution in [1.82, 2.24) is 39.7 Å². The maximum atomic E-state index is 14.9. The predicted octanol–water partition coefficient (Wildman–Crippen LogP) is 1.16. The van der Waals surface area contributed by atoms with Gasteiger partial charge >= 0.3 is 4.87 Å². The van der Waals surface area contributed by atoms with Crippen LogP contribution in [0.3, 0.4) is 0 Å². The lowest BCUT2D eigenvalue weighted by atomic mass is 10.1. The van der Waals surface area contributed by atoms with Gasteiger partial charge in [-0.1, -0.05) is 11.3 Å². The quantitative estimate of drug-likeness (QED) is 0.223. The van der Waals surface area contributed by atoms with Crippen molar-refractivity contribution in [3.63, 3.8) is 0 Å². The third-order valence-electron chi connectivity index (χ3n) is 8.00. The molecule has 7 rings (SSSR count). The molecule has 0 spiro atoms. The SMILES string of the molecule is Nc1nc2c(sc(=O)n2CCN2CCN(c3cc(C(=O)NCC4COCCN4)c(F)cc3F)CC2)c2nc(-c3ccco3)nn12. The lowest BCUT2D eigenvalue weighted by molar-refractivity contribution is 0.0734. The number of nitrogens with two attached hydrogens (primary N) is 1.